The first-order valence-electron chi connectivity index (χ1n) is 5.70. The first kappa shape index (κ1) is 15.4. The van der Waals surface area contributed by atoms with Crippen LogP contribution >= 0.6 is 0 Å². The van der Waals surface area contributed by atoms with Gasteiger partial charge in [0.05, 0.1) is 0 Å². The minimum Gasteiger partial charge on any atom is -0.357 e. The van der Waals surface area contributed by atoms with Crippen LogP contribution in [0.1, 0.15) is 33.1 Å². The molecule has 0 radical (unpaired) electrons. The van der Waals surface area contributed by atoms with Gasteiger partial charge in [-0.05, 0) is 19.3 Å². The SMILES string of the molecule is CNC(=O)C(CCCCNC(C)=O)NC(C)=O. The fourth-order valence-corrected chi connectivity index (χ4v) is 1.43. The van der Waals surface area contributed by atoms with Crippen molar-refractivity contribution in [1.29, 1.82) is 0 Å². The highest BCUT2D eigenvalue weighted by Crippen LogP contribution is 2.01. The lowest BCUT2D eigenvalue weighted by atomic mass is 10.1. The van der Waals surface area contributed by atoms with Crippen molar-refractivity contribution in [2.75, 3.05) is 13.6 Å². The molecule has 0 heterocycles. The average molecular weight is 243 g/mol. The van der Waals surface area contributed by atoms with Crippen LogP contribution in [0.5, 0.6) is 0 Å². The zero-order chi connectivity index (χ0) is 13.3. The molecule has 0 saturated carbocycles. The maximum Gasteiger partial charge on any atom is 0.242 e. The maximum absolute atomic E-state index is 11.4. The zero-order valence-electron chi connectivity index (χ0n) is 10.6. The van der Waals surface area contributed by atoms with Crippen LogP contribution in [0.4, 0.5) is 0 Å². The van der Waals surface area contributed by atoms with E-state index in [4.69, 9.17) is 0 Å². The summed E-state index contributed by atoms with van der Waals surface area (Å²) in [5.74, 6) is -0.477. The Morgan fingerprint density at radius 1 is 1.06 bits per heavy atom. The van der Waals surface area contributed by atoms with Gasteiger partial charge in [0, 0.05) is 27.4 Å². The third kappa shape index (κ3) is 8.24. The van der Waals surface area contributed by atoms with Crippen molar-refractivity contribution in [3.05, 3.63) is 0 Å². The maximum atomic E-state index is 11.4. The smallest absolute Gasteiger partial charge is 0.242 e. The van der Waals surface area contributed by atoms with Gasteiger partial charge in [0.1, 0.15) is 6.04 Å². The predicted molar refractivity (Wildman–Crippen MR) is 64.2 cm³/mol. The Bertz CT molecular complexity index is 279. The van der Waals surface area contributed by atoms with Crippen LogP contribution in [-0.2, 0) is 14.4 Å². The average Bonchev–Trinajstić information content (AvgIpc) is 2.25. The Hall–Kier alpha value is -1.59. The van der Waals surface area contributed by atoms with Crippen molar-refractivity contribution in [1.82, 2.24) is 16.0 Å². The van der Waals surface area contributed by atoms with Crippen LogP contribution in [-0.4, -0.2) is 37.4 Å². The molecule has 0 aliphatic rings. The number of nitrogens with one attached hydrogen (secondary N) is 3. The summed E-state index contributed by atoms with van der Waals surface area (Å²) >= 11 is 0. The number of rotatable bonds is 7. The molecule has 0 fully saturated rings. The lowest BCUT2D eigenvalue weighted by Gasteiger charge is -2.15. The largest absolute Gasteiger partial charge is 0.357 e. The summed E-state index contributed by atoms with van der Waals surface area (Å²) in [6.45, 7) is 3.44. The summed E-state index contributed by atoms with van der Waals surface area (Å²) < 4.78 is 0. The Kier molecular flexibility index (Phi) is 7.75. The number of likely N-dealkylation sites (N-methyl/N-ethyl adjacent to an activating group) is 1. The molecule has 0 aromatic rings. The third-order valence-electron chi connectivity index (χ3n) is 2.23. The summed E-state index contributed by atoms with van der Waals surface area (Å²) in [4.78, 5) is 32.9. The Labute approximate surface area is 102 Å². The van der Waals surface area contributed by atoms with E-state index in [0.717, 1.165) is 12.8 Å². The van der Waals surface area contributed by atoms with E-state index in [1.54, 1.807) is 0 Å². The van der Waals surface area contributed by atoms with Gasteiger partial charge < -0.3 is 16.0 Å². The van der Waals surface area contributed by atoms with Gasteiger partial charge in [-0.3, -0.25) is 14.4 Å². The lowest BCUT2D eigenvalue weighted by molar-refractivity contribution is -0.127. The summed E-state index contributed by atoms with van der Waals surface area (Å²) in [5.41, 5.74) is 0. The van der Waals surface area contributed by atoms with Gasteiger partial charge in [0.2, 0.25) is 17.7 Å². The molecule has 0 aliphatic carbocycles. The van der Waals surface area contributed by atoms with Crippen LogP contribution in [0.15, 0.2) is 0 Å². The second kappa shape index (κ2) is 8.55. The van der Waals surface area contributed by atoms with E-state index in [2.05, 4.69) is 16.0 Å². The zero-order valence-corrected chi connectivity index (χ0v) is 10.6. The van der Waals surface area contributed by atoms with Crippen LogP contribution < -0.4 is 16.0 Å². The summed E-state index contributed by atoms with van der Waals surface area (Å²) in [7, 11) is 1.54. The molecule has 3 amide bonds. The molecule has 0 spiro atoms. The molecular weight excluding hydrogens is 222 g/mol. The molecule has 1 atom stereocenters. The highest BCUT2D eigenvalue weighted by atomic mass is 16.2. The van der Waals surface area contributed by atoms with Crippen LogP contribution in [0, 0.1) is 0 Å². The molecule has 6 heteroatoms. The van der Waals surface area contributed by atoms with E-state index in [1.807, 2.05) is 0 Å². The van der Waals surface area contributed by atoms with E-state index >= 15 is 0 Å². The standard InChI is InChI=1S/C11H21N3O3/c1-8(15)13-7-5-4-6-10(11(17)12-3)14-9(2)16/h10H,4-7H2,1-3H3,(H,12,17)(H,13,15)(H,14,16). The summed E-state index contributed by atoms with van der Waals surface area (Å²) in [6, 6.07) is -0.491. The predicted octanol–water partition coefficient (Wildman–Crippen LogP) is -0.456. The van der Waals surface area contributed by atoms with E-state index < -0.39 is 6.04 Å². The van der Waals surface area contributed by atoms with Crippen molar-refractivity contribution >= 4 is 17.7 Å². The van der Waals surface area contributed by atoms with E-state index in [-0.39, 0.29) is 17.7 Å². The third-order valence-corrected chi connectivity index (χ3v) is 2.23. The quantitative estimate of drug-likeness (QED) is 0.529. The molecule has 0 aliphatic heterocycles. The second-order valence-corrected chi connectivity index (χ2v) is 3.85. The fourth-order valence-electron chi connectivity index (χ4n) is 1.43. The van der Waals surface area contributed by atoms with Gasteiger partial charge in [-0.2, -0.15) is 0 Å². The van der Waals surface area contributed by atoms with Gasteiger partial charge in [0.15, 0.2) is 0 Å². The van der Waals surface area contributed by atoms with Crippen molar-refractivity contribution in [3.63, 3.8) is 0 Å². The van der Waals surface area contributed by atoms with Gasteiger partial charge >= 0.3 is 0 Å². The van der Waals surface area contributed by atoms with Gasteiger partial charge in [-0.25, -0.2) is 0 Å². The van der Waals surface area contributed by atoms with E-state index in [1.165, 1.54) is 20.9 Å². The van der Waals surface area contributed by atoms with Crippen molar-refractivity contribution in [2.24, 2.45) is 0 Å². The number of carbonyl (C=O) groups excluding carboxylic acids is 3. The first-order chi connectivity index (χ1) is 7.97. The minimum absolute atomic E-state index is 0.0605. The van der Waals surface area contributed by atoms with Crippen molar-refractivity contribution < 1.29 is 14.4 Å². The number of hydrogen-bond acceptors (Lipinski definition) is 3. The van der Waals surface area contributed by atoms with Crippen molar-refractivity contribution in [3.8, 4) is 0 Å². The lowest BCUT2D eigenvalue weighted by Crippen LogP contribution is -2.44. The Balaban J connectivity index is 3.87. The molecule has 0 aromatic heterocycles. The summed E-state index contributed by atoms with van der Waals surface area (Å²) in [6.07, 6.45) is 2.12. The minimum atomic E-state index is -0.491. The molecule has 0 bridgehead atoms. The first-order valence-corrected chi connectivity index (χ1v) is 5.70. The number of carbonyl (C=O) groups is 3. The molecule has 98 valence electrons. The number of amides is 3. The highest BCUT2D eigenvalue weighted by Gasteiger charge is 2.16. The van der Waals surface area contributed by atoms with E-state index in [9.17, 15) is 14.4 Å². The topological polar surface area (TPSA) is 87.3 Å². The number of unbranched alkanes of at least 4 members (excludes halogenated alkanes) is 1. The molecule has 6 nitrogen and oxygen atoms in total. The molecule has 0 rings (SSSR count). The summed E-state index contributed by atoms with van der Waals surface area (Å²) in [5, 5.41) is 7.77. The van der Waals surface area contributed by atoms with Gasteiger partial charge in [-0.1, -0.05) is 0 Å². The normalized spacial score (nSPS) is 11.5. The fraction of sp³-hybridized carbons (Fsp3) is 0.727. The van der Waals surface area contributed by atoms with Crippen LogP contribution in [0.25, 0.3) is 0 Å². The van der Waals surface area contributed by atoms with Crippen LogP contribution in [0.3, 0.4) is 0 Å². The second-order valence-electron chi connectivity index (χ2n) is 3.85. The molecule has 1 unspecified atom stereocenters. The molecule has 3 N–H and O–H groups in total. The van der Waals surface area contributed by atoms with Crippen molar-refractivity contribution in [2.45, 2.75) is 39.2 Å². The molecule has 17 heavy (non-hydrogen) atoms. The van der Waals surface area contributed by atoms with Gasteiger partial charge in [0.25, 0.3) is 0 Å². The van der Waals surface area contributed by atoms with Crippen LogP contribution in [0.2, 0.25) is 0 Å². The molecular formula is C11H21N3O3. The number of hydrogen-bond donors (Lipinski definition) is 3. The molecule has 0 aromatic carbocycles. The van der Waals surface area contributed by atoms with Gasteiger partial charge in [-0.15, -0.1) is 0 Å². The molecule has 0 saturated heterocycles. The Morgan fingerprint density at radius 3 is 2.18 bits per heavy atom. The van der Waals surface area contributed by atoms with E-state index in [0.29, 0.717) is 13.0 Å². The monoisotopic (exact) mass is 243 g/mol. The highest BCUT2D eigenvalue weighted by molar-refractivity contribution is 5.86. The Morgan fingerprint density at radius 2 is 1.71 bits per heavy atom.